The highest BCUT2D eigenvalue weighted by atomic mass is 35.5. The van der Waals surface area contributed by atoms with E-state index in [-0.39, 0.29) is 28.9 Å². The molecule has 1 aromatic carbocycles. The van der Waals surface area contributed by atoms with Crippen LogP contribution in [0.3, 0.4) is 0 Å². The molecule has 1 atom stereocenters. The van der Waals surface area contributed by atoms with E-state index >= 15 is 0 Å². The lowest BCUT2D eigenvalue weighted by Crippen LogP contribution is -2.20. The summed E-state index contributed by atoms with van der Waals surface area (Å²) in [5.74, 6) is 0.375. The van der Waals surface area contributed by atoms with E-state index < -0.39 is 9.84 Å². The molecule has 0 bridgehead atoms. The molecule has 6 nitrogen and oxygen atoms in total. The first-order valence-electron chi connectivity index (χ1n) is 8.42. The largest absolute Gasteiger partial charge is 0.307 e. The van der Waals surface area contributed by atoms with Crippen LogP contribution >= 0.6 is 11.6 Å². The highest BCUT2D eigenvalue weighted by Crippen LogP contribution is 2.31. The van der Waals surface area contributed by atoms with Crippen molar-refractivity contribution in [1.29, 1.82) is 0 Å². The Bertz CT molecular complexity index is 945. The van der Waals surface area contributed by atoms with Gasteiger partial charge in [0, 0.05) is 22.1 Å². The maximum Gasteiger partial charge on any atom is 0.256 e. The first-order valence-corrected chi connectivity index (χ1v) is 10.6. The highest BCUT2D eigenvalue weighted by molar-refractivity contribution is 7.91. The van der Waals surface area contributed by atoms with Crippen LogP contribution in [0.15, 0.2) is 30.3 Å². The lowest BCUT2D eigenvalue weighted by molar-refractivity contribution is 0.102. The zero-order valence-electron chi connectivity index (χ0n) is 15.0. The van der Waals surface area contributed by atoms with Gasteiger partial charge in [0.2, 0.25) is 0 Å². The van der Waals surface area contributed by atoms with Crippen molar-refractivity contribution in [3.8, 4) is 0 Å². The Kier molecular flexibility index (Phi) is 4.88. The van der Waals surface area contributed by atoms with Crippen LogP contribution in [0.1, 0.15) is 49.3 Å². The smallest absolute Gasteiger partial charge is 0.256 e. The van der Waals surface area contributed by atoms with E-state index in [1.807, 2.05) is 26.8 Å². The van der Waals surface area contributed by atoms with E-state index in [2.05, 4.69) is 10.4 Å². The zero-order valence-corrected chi connectivity index (χ0v) is 16.6. The first-order chi connectivity index (χ1) is 12.0. The van der Waals surface area contributed by atoms with E-state index in [0.717, 1.165) is 5.69 Å². The molecular weight excluding hydrogens is 374 g/mol. The SMILES string of the molecule is CC(C)(C)c1cc(NC(=O)c2cccc(Cl)c2)n([C@H]2CCS(=O)(=O)C2)n1. The summed E-state index contributed by atoms with van der Waals surface area (Å²) in [7, 11) is -3.06. The summed E-state index contributed by atoms with van der Waals surface area (Å²) < 4.78 is 25.4. The summed E-state index contributed by atoms with van der Waals surface area (Å²) >= 11 is 5.96. The maximum atomic E-state index is 12.6. The number of hydrogen-bond acceptors (Lipinski definition) is 4. The third-order valence-corrected chi connectivity index (χ3v) is 6.37. The van der Waals surface area contributed by atoms with E-state index in [0.29, 0.717) is 22.8 Å². The topological polar surface area (TPSA) is 81.1 Å². The van der Waals surface area contributed by atoms with Crippen LogP contribution < -0.4 is 5.32 Å². The molecule has 1 amide bonds. The molecule has 26 heavy (non-hydrogen) atoms. The van der Waals surface area contributed by atoms with Crippen molar-refractivity contribution in [3.05, 3.63) is 46.6 Å². The number of carbonyl (C=O) groups excluding carboxylic acids is 1. The van der Waals surface area contributed by atoms with Gasteiger partial charge in [-0.25, -0.2) is 13.1 Å². The Labute approximate surface area is 158 Å². The number of halogens is 1. The summed E-state index contributed by atoms with van der Waals surface area (Å²) in [6.07, 6.45) is 0.494. The lowest BCUT2D eigenvalue weighted by atomic mass is 9.92. The average molecular weight is 396 g/mol. The molecular formula is C18H22ClN3O3S. The van der Waals surface area contributed by atoms with Gasteiger partial charge in [-0.3, -0.25) is 4.79 Å². The van der Waals surface area contributed by atoms with E-state index in [1.54, 1.807) is 28.9 Å². The van der Waals surface area contributed by atoms with Crippen molar-refractivity contribution in [2.75, 3.05) is 16.8 Å². The Balaban J connectivity index is 1.94. The lowest BCUT2D eigenvalue weighted by Gasteiger charge is -2.15. The normalized spacial score (nSPS) is 19.5. The molecule has 8 heteroatoms. The summed E-state index contributed by atoms with van der Waals surface area (Å²) in [6.45, 7) is 6.06. The molecule has 1 saturated heterocycles. The minimum atomic E-state index is -3.06. The number of rotatable bonds is 3. The minimum Gasteiger partial charge on any atom is -0.307 e. The predicted octanol–water partition coefficient (Wildman–Crippen LogP) is 3.45. The Morgan fingerprint density at radius 2 is 2.04 bits per heavy atom. The van der Waals surface area contributed by atoms with Gasteiger partial charge in [0.05, 0.1) is 23.2 Å². The quantitative estimate of drug-likeness (QED) is 0.862. The molecule has 1 N–H and O–H groups in total. The van der Waals surface area contributed by atoms with E-state index in [9.17, 15) is 13.2 Å². The summed E-state index contributed by atoms with van der Waals surface area (Å²) in [4.78, 5) is 12.6. The molecule has 1 aliphatic rings. The molecule has 140 valence electrons. The molecule has 0 unspecified atom stereocenters. The van der Waals surface area contributed by atoms with Crippen molar-refractivity contribution in [3.63, 3.8) is 0 Å². The standard InChI is InChI=1S/C18H22ClN3O3S/c1-18(2,3)15-10-16(20-17(23)12-5-4-6-13(19)9-12)22(21-15)14-7-8-26(24,25)11-14/h4-6,9-10,14H,7-8,11H2,1-3H3,(H,20,23)/t14-/m0/s1. The molecule has 1 fully saturated rings. The fraction of sp³-hybridized carbons (Fsp3) is 0.444. The minimum absolute atomic E-state index is 0.0400. The van der Waals surface area contributed by atoms with Gasteiger partial charge in [-0.15, -0.1) is 0 Å². The second-order valence-corrected chi connectivity index (χ2v) is 10.3. The second kappa shape index (κ2) is 6.70. The highest BCUT2D eigenvalue weighted by Gasteiger charge is 2.33. The third kappa shape index (κ3) is 4.10. The average Bonchev–Trinajstić information content (AvgIpc) is 3.10. The first kappa shape index (κ1) is 18.9. The van der Waals surface area contributed by atoms with Crippen molar-refractivity contribution in [2.24, 2.45) is 0 Å². The third-order valence-electron chi connectivity index (χ3n) is 4.39. The molecule has 0 saturated carbocycles. The monoisotopic (exact) mass is 395 g/mol. The van der Waals surface area contributed by atoms with Gasteiger partial charge >= 0.3 is 0 Å². The summed E-state index contributed by atoms with van der Waals surface area (Å²) in [5.41, 5.74) is 1.00. The van der Waals surface area contributed by atoms with Crippen LogP contribution in [-0.2, 0) is 15.3 Å². The van der Waals surface area contributed by atoms with Crippen LogP contribution in [0.4, 0.5) is 5.82 Å². The van der Waals surface area contributed by atoms with Crippen LogP contribution in [0.5, 0.6) is 0 Å². The van der Waals surface area contributed by atoms with Crippen LogP contribution in [0.2, 0.25) is 5.02 Å². The molecule has 2 aromatic rings. The second-order valence-electron chi connectivity index (χ2n) is 7.63. The maximum absolute atomic E-state index is 12.6. The van der Waals surface area contributed by atoms with Crippen molar-refractivity contribution in [2.45, 2.75) is 38.6 Å². The Morgan fingerprint density at radius 1 is 1.31 bits per heavy atom. The van der Waals surface area contributed by atoms with Crippen molar-refractivity contribution < 1.29 is 13.2 Å². The number of aromatic nitrogens is 2. The zero-order chi connectivity index (χ0) is 19.1. The fourth-order valence-corrected chi connectivity index (χ4v) is 4.80. The molecule has 0 radical (unpaired) electrons. The fourth-order valence-electron chi connectivity index (χ4n) is 2.92. The Morgan fingerprint density at radius 3 is 2.62 bits per heavy atom. The number of carbonyl (C=O) groups is 1. The number of amides is 1. The number of nitrogens with one attached hydrogen (secondary N) is 1. The van der Waals surface area contributed by atoms with Gasteiger partial charge in [-0.1, -0.05) is 38.4 Å². The number of anilines is 1. The van der Waals surface area contributed by atoms with E-state index in [4.69, 9.17) is 11.6 Å². The molecule has 0 aliphatic carbocycles. The summed E-state index contributed by atoms with van der Waals surface area (Å²) in [5, 5.41) is 7.94. The van der Waals surface area contributed by atoms with Gasteiger partial charge in [-0.05, 0) is 24.6 Å². The van der Waals surface area contributed by atoms with Gasteiger partial charge in [0.15, 0.2) is 9.84 Å². The molecule has 2 heterocycles. The molecule has 1 aromatic heterocycles. The van der Waals surface area contributed by atoms with Crippen LogP contribution in [0, 0.1) is 0 Å². The molecule has 3 rings (SSSR count). The van der Waals surface area contributed by atoms with Gasteiger partial charge in [-0.2, -0.15) is 5.10 Å². The molecule has 0 spiro atoms. The Hall–Kier alpha value is -1.86. The number of benzene rings is 1. The number of sulfone groups is 1. The van der Waals surface area contributed by atoms with Gasteiger partial charge < -0.3 is 5.32 Å². The predicted molar refractivity (Wildman–Crippen MR) is 103 cm³/mol. The van der Waals surface area contributed by atoms with Gasteiger partial charge in [0.25, 0.3) is 5.91 Å². The number of hydrogen-bond donors (Lipinski definition) is 1. The van der Waals surface area contributed by atoms with E-state index in [1.165, 1.54) is 0 Å². The molecule has 1 aliphatic heterocycles. The van der Waals surface area contributed by atoms with Crippen molar-refractivity contribution >= 4 is 33.2 Å². The number of nitrogens with zero attached hydrogens (tertiary/aromatic N) is 2. The summed E-state index contributed by atoms with van der Waals surface area (Å²) in [6, 6.07) is 8.20. The van der Waals surface area contributed by atoms with Crippen molar-refractivity contribution in [1.82, 2.24) is 9.78 Å². The van der Waals surface area contributed by atoms with Gasteiger partial charge in [0.1, 0.15) is 5.82 Å². The van der Waals surface area contributed by atoms with Crippen LogP contribution in [-0.4, -0.2) is 35.6 Å². The van der Waals surface area contributed by atoms with Crippen LogP contribution in [0.25, 0.3) is 0 Å².